The highest BCUT2D eigenvalue weighted by molar-refractivity contribution is 7.92. The number of methoxy groups -OCH3 is 1. The highest BCUT2D eigenvalue weighted by Crippen LogP contribution is 2.32. The van der Waals surface area contributed by atoms with Crippen LogP contribution >= 0.6 is 0 Å². The molecule has 0 amide bonds. The summed E-state index contributed by atoms with van der Waals surface area (Å²) < 4.78 is 57.7. The van der Waals surface area contributed by atoms with E-state index in [9.17, 15) is 26.9 Å². The summed E-state index contributed by atoms with van der Waals surface area (Å²) in [6.07, 6.45) is 0. The van der Waals surface area contributed by atoms with Crippen LogP contribution in [-0.4, -0.2) is 28.9 Å². The van der Waals surface area contributed by atoms with Crippen molar-refractivity contribution in [3.63, 3.8) is 0 Å². The molecular weight excluding hydrogens is 432 g/mol. The van der Waals surface area contributed by atoms with Crippen molar-refractivity contribution < 1.29 is 26.5 Å². The molecule has 0 aromatic heterocycles. The summed E-state index contributed by atoms with van der Waals surface area (Å²) in [5.41, 5.74) is -1.04. The van der Waals surface area contributed by atoms with Gasteiger partial charge in [0, 0.05) is 6.07 Å². The maximum atomic E-state index is 12.8. The normalized spacial score (nSPS) is 11.6. The first-order valence-electron chi connectivity index (χ1n) is 8.40. The molecule has 3 aromatic rings. The highest BCUT2D eigenvalue weighted by Gasteiger charge is 2.26. The van der Waals surface area contributed by atoms with Crippen molar-refractivity contribution in [1.82, 2.24) is 0 Å². The Hall–Kier alpha value is -3.44. The number of hydrogen-bond acceptors (Lipinski definition) is 7. The number of sulfonamides is 1. The van der Waals surface area contributed by atoms with Gasteiger partial charge in [0.1, 0.15) is 11.4 Å². The molecule has 0 aliphatic heterocycles. The quantitative estimate of drug-likeness (QED) is 0.433. The molecule has 3 aromatic carbocycles. The Kier molecular flexibility index (Phi) is 5.76. The van der Waals surface area contributed by atoms with Crippen LogP contribution in [0.2, 0.25) is 0 Å². The zero-order valence-corrected chi connectivity index (χ0v) is 17.2. The van der Waals surface area contributed by atoms with E-state index in [0.717, 1.165) is 18.2 Å². The fourth-order valence-electron chi connectivity index (χ4n) is 2.61. The molecule has 9 nitrogen and oxygen atoms in total. The SMILES string of the molecule is COc1ccc(S(=O)(=O)c2ccc(NS(=O)(=O)c3ccccc3)c([N+](=O)[O-])c2)cc1. The van der Waals surface area contributed by atoms with Gasteiger partial charge in [0.15, 0.2) is 0 Å². The highest BCUT2D eigenvalue weighted by atomic mass is 32.2. The van der Waals surface area contributed by atoms with E-state index < -0.39 is 30.5 Å². The van der Waals surface area contributed by atoms with Gasteiger partial charge in [-0.3, -0.25) is 14.8 Å². The molecule has 0 aliphatic carbocycles. The minimum atomic E-state index is -4.10. The molecule has 0 atom stereocenters. The molecule has 3 rings (SSSR count). The number of benzene rings is 3. The van der Waals surface area contributed by atoms with Crippen molar-refractivity contribution in [3.05, 3.63) is 82.9 Å². The van der Waals surface area contributed by atoms with Gasteiger partial charge in [0.05, 0.1) is 26.7 Å². The predicted octanol–water partition coefficient (Wildman–Crippen LogP) is 3.24. The summed E-state index contributed by atoms with van der Waals surface area (Å²) in [5.74, 6) is 0.450. The Morgan fingerprint density at radius 1 is 0.833 bits per heavy atom. The van der Waals surface area contributed by atoms with E-state index in [2.05, 4.69) is 4.72 Å². The lowest BCUT2D eigenvalue weighted by Gasteiger charge is -2.10. The average Bonchev–Trinajstić information content (AvgIpc) is 2.74. The number of hydrogen-bond donors (Lipinski definition) is 1. The average molecular weight is 448 g/mol. The van der Waals surface area contributed by atoms with Gasteiger partial charge in [0.2, 0.25) is 9.84 Å². The summed E-state index contributed by atoms with van der Waals surface area (Å²) in [6, 6.07) is 15.8. The van der Waals surface area contributed by atoms with Crippen LogP contribution in [0.3, 0.4) is 0 Å². The smallest absolute Gasteiger partial charge is 0.294 e. The van der Waals surface area contributed by atoms with Crippen molar-refractivity contribution in [2.75, 3.05) is 11.8 Å². The third kappa shape index (κ3) is 4.26. The van der Waals surface area contributed by atoms with Gasteiger partial charge >= 0.3 is 0 Å². The zero-order chi connectivity index (χ0) is 21.9. The van der Waals surface area contributed by atoms with Crippen molar-refractivity contribution in [2.24, 2.45) is 0 Å². The van der Waals surface area contributed by atoms with Crippen molar-refractivity contribution in [3.8, 4) is 5.75 Å². The lowest BCUT2D eigenvalue weighted by molar-refractivity contribution is -0.384. The number of nitro benzene ring substituents is 1. The number of nitrogens with one attached hydrogen (secondary N) is 1. The second kappa shape index (κ2) is 8.13. The van der Waals surface area contributed by atoms with Crippen LogP contribution < -0.4 is 9.46 Å². The van der Waals surface area contributed by atoms with Gasteiger partial charge in [-0.05, 0) is 48.5 Å². The maximum Gasteiger partial charge on any atom is 0.294 e. The molecule has 0 saturated carbocycles. The molecule has 0 spiro atoms. The molecule has 30 heavy (non-hydrogen) atoms. The largest absolute Gasteiger partial charge is 0.497 e. The molecule has 1 N–H and O–H groups in total. The topological polar surface area (TPSA) is 133 Å². The van der Waals surface area contributed by atoms with Gasteiger partial charge < -0.3 is 4.74 Å². The summed E-state index contributed by atoms with van der Waals surface area (Å²) in [7, 11) is -6.73. The van der Waals surface area contributed by atoms with Gasteiger partial charge in [-0.25, -0.2) is 16.8 Å². The predicted molar refractivity (Wildman–Crippen MR) is 109 cm³/mol. The molecule has 0 radical (unpaired) electrons. The van der Waals surface area contributed by atoms with Crippen LogP contribution in [0.25, 0.3) is 0 Å². The Labute approximate surface area is 173 Å². The van der Waals surface area contributed by atoms with Crippen LogP contribution in [-0.2, 0) is 19.9 Å². The van der Waals surface area contributed by atoms with Crippen LogP contribution in [0.5, 0.6) is 5.75 Å². The fraction of sp³-hybridized carbons (Fsp3) is 0.0526. The van der Waals surface area contributed by atoms with Crippen molar-refractivity contribution in [2.45, 2.75) is 14.7 Å². The summed E-state index contributed by atoms with van der Waals surface area (Å²) in [6.45, 7) is 0. The summed E-state index contributed by atoms with van der Waals surface area (Å²) in [5, 5.41) is 11.5. The summed E-state index contributed by atoms with van der Waals surface area (Å²) in [4.78, 5) is 10.1. The number of anilines is 1. The molecular formula is C19H16N2O7S2. The molecule has 0 bridgehead atoms. The van der Waals surface area contributed by atoms with Crippen molar-refractivity contribution in [1.29, 1.82) is 0 Å². The van der Waals surface area contributed by atoms with Crippen LogP contribution in [0.4, 0.5) is 11.4 Å². The first kappa shape index (κ1) is 21.3. The van der Waals surface area contributed by atoms with Crippen LogP contribution in [0, 0.1) is 10.1 Å². The Morgan fingerprint density at radius 3 is 2.00 bits per heavy atom. The van der Waals surface area contributed by atoms with Gasteiger partial charge in [-0.2, -0.15) is 0 Å². The van der Waals surface area contributed by atoms with Crippen LogP contribution in [0.15, 0.2) is 87.5 Å². The molecule has 11 heteroatoms. The molecule has 156 valence electrons. The first-order chi connectivity index (χ1) is 14.1. The van der Waals surface area contributed by atoms with Crippen molar-refractivity contribution >= 4 is 31.2 Å². The van der Waals surface area contributed by atoms with E-state index in [1.165, 1.54) is 55.6 Å². The van der Waals surface area contributed by atoms with Crippen LogP contribution in [0.1, 0.15) is 0 Å². The standard InChI is InChI=1S/C19H16N2O7S2/c1-28-14-7-9-15(10-8-14)29(24,25)17-11-12-18(19(13-17)21(22)23)20-30(26,27)16-5-3-2-4-6-16/h2-13,20H,1H3. The fourth-order valence-corrected chi connectivity index (χ4v) is 4.99. The Balaban J connectivity index is 2.02. The summed E-state index contributed by atoms with van der Waals surface area (Å²) >= 11 is 0. The minimum Gasteiger partial charge on any atom is -0.497 e. The third-order valence-electron chi connectivity index (χ3n) is 4.14. The lowest BCUT2D eigenvalue weighted by Crippen LogP contribution is -2.14. The second-order valence-corrected chi connectivity index (χ2v) is 9.67. The van der Waals surface area contributed by atoms with Gasteiger partial charge in [-0.15, -0.1) is 0 Å². The van der Waals surface area contributed by atoms with Gasteiger partial charge in [-0.1, -0.05) is 18.2 Å². The number of nitro groups is 1. The van der Waals surface area contributed by atoms with E-state index in [0.29, 0.717) is 5.75 Å². The first-order valence-corrected chi connectivity index (χ1v) is 11.4. The number of nitrogens with zero attached hydrogens (tertiary/aromatic N) is 1. The third-order valence-corrected chi connectivity index (χ3v) is 7.29. The van der Waals surface area contributed by atoms with E-state index in [1.54, 1.807) is 6.07 Å². The number of sulfone groups is 1. The van der Waals surface area contributed by atoms with Gasteiger partial charge in [0.25, 0.3) is 15.7 Å². The zero-order valence-electron chi connectivity index (χ0n) is 15.5. The number of ether oxygens (including phenoxy) is 1. The monoisotopic (exact) mass is 448 g/mol. The Bertz CT molecular complexity index is 1290. The lowest BCUT2D eigenvalue weighted by atomic mass is 10.3. The molecule has 0 heterocycles. The Morgan fingerprint density at radius 2 is 1.43 bits per heavy atom. The van der Waals surface area contributed by atoms with E-state index in [1.807, 2.05) is 0 Å². The molecule has 0 aliphatic rings. The van der Waals surface area contributed by atoms with E-state index >= 15 is 0 Å². The van der Waals surface area contributed by atoms with E-state index in [4.69, 9.17) is 4.74 Å². The minimum absolute atomic E-state index is 0.0878. The molecule has 0 fully saturated rings. The van der Waals surface area contributed by atoms with E-state index in [-0.39, 0.29) is 20.4 Å². The number of rotatable bonds is 7. The molecule has 0 saturated heterocycles. The maximum absolute atomic E-state index is 12.8. The molecule has 0 unspecified atom stereocenters. The second-order valence-electron chi connectivity index (χ2n) is 6.03.